The molecule has 0 fully saturated rings. The molecule has 2 rings (SSSR count). The highest BCUT2D eigenvalue weighted by atomic mass is 35.5. The number of carbonyl (C=O) groups excluding carboxylic acids is 1. The third kappa shape index (κ3) is 3.26. The monoisotopic (exact) mass is 327 g/mol. The third-order valence-electron chi connectivity index (χ3n) is 2.83. The average molecular weight is 329 g/mol. The van der Waals surface area contributed by atoms with Gasteiger partial charge in [0.1, 0.15) is 0 Å². The van der Waals surface area contributed by atoms with Gasteiger partial charge in [0.15, 0.2) is 0 Å². The fourth-order valence-corrected chi connectivity index (χ4v) is 2.40. The summed E-state index contributed by atoms with van der Waals surface area (Å²) in [6.45, 7) is 1.85. The lowest BCUT2D eigenvalue weighted by atomic mass is 10.1. The van der Waals surface area contributed by atoms with E-state index in [0.717, 1.165) is 5.56 Å². The van der Waals surface area contributed by atoms with Gasteiger partial charge in [-0.15, -0.1) is 11.6 Å². The molecule has 0 aliphatic carbocycles. The van der Waals surface area contributed by atoms with Crippen LogP contribution in [0.1, 0.15) is 28.2 Å². The maximum Gasteiger partial charge on any atom is 0.257 e. The molecule has 1 atom stereocenters. The van der Waals surface area contributed by atoms with E-state index < -0.39 is 0 Å². The Balaban J connectivity index is 2.31. The molecule has 0 spiro atoms. The summed E-state index contributed by atoms with van der Waals surface area (Å²) < 4.78 is 0. The number of halogens is 3. The van der Waals surface area contributed by atoms with Gasteiger partial charge in [0.25, 0.3) is 5.91 Å². The number of carbonyl (C=O) groups is 1. The molecular formula is C15H12Cl3NO. The van der Waals surface area contributed by atoms with Crippen LogP contribution in [-0.2, 0) is 0 Å². The highest BCUT2D eigenvalue weighted by Gasteiger charge is 2.15. The second-order valence-electron chi connectivity index (χ2n) is 4.26. The number of alkyl halides is 1. The Morgan fingerprint density at radius 1 is 1.10 bits per heavy atom. The molecule has 0 bridgehead atoms. The number of hydrogen-bond donors (Lipinski definition) is 1. The summed E-state index contributed by atoms with van der Waals surface area (Å²) in [5.41, 5.74) is 1.84. The Labute approximate surface area is 132 Å². The highest BCUT2D eigenvalue weighted by Crippen LogP contribution is 2.29. The van der Waals surface area contributed by atoms with Crippen LogP contribution in [0.5, 0.6) is 0 Å². The van der Waals surface area contributed by atoms with Crippen LogP contribution in [0.15, 0.2) is 42.5 Å². The SMILES string of the molecule is CC(Cl)c1ccccc1NC(=O)c1cccc(Cl)c1Cl. The molecule has 0 aromatic heterocycles. The van der Waals surface area contributed by atoms with Crippen LogP contribution >= 0.6 is 34.8 Å². The van der Waals surface area contributed by atoms with Crippen molar-refractivity contribution in [3.8, 4) is 0 Å². The second-order valence-corrected chi connectivity index (χ2v) is 5.70. The topological polar surface area (TPSA) is 29.1 Å². The Bertz CT molecular complexity index is 641. The zero-order chi connectivity index (χ0) is 14.7. The largest absolute Gasteiger partial charge is 0.322 e. The number of benzene rings is 2. The molecule has 0 aliphatic rings. The van der Waals surface area contributed by atoms with Gasteiger partial charge in [-0.3, -0.25) is 4.79 Å². The zero-order valence-electron chi connectivity index (χ0n) is 10.7. The van der Waals surface area contributed by atoms with Crippen LogP contribution in [0.4, 0.5) is 5.69 Å². The molecule has 0 saturated heterocycles. The number of para-hydroxylation sites is 1. The molecule has 0 saturated carbocycles. The van der Waals surface area contributed by atoms with Crippen LogP contribution in [0, 0.1) is 0 Å². The van der Waals surface area contributed by atoms with Crippen LogP contribution in [0.25, 0.3) is 0 Å². The van der Waals surface area contributed by atoms with E-state index in [1.807, 2.05) is 25.1 Å². The van der Waals surface area contributed by atoms with E-state index in [4.69, 9.17) is 34.8 Å². The Hall–Kier alpha value is -1.22. The minimum atomic E-state index is -0.317. The smallest absolute Gasteiger partial charge is 0.257 e. The molecule has 2 nitrogen and oxygen atoms in total. The third-order valence-corrected chi connectivity index (χ3v) is 3.89. The molecule has 2 aromatic carbocycles. The molecule has 0 radical (unpaired) electrons. The van der Waals surface area contributed by atoms with Crippen molar-refractivity contribution in [3.63, 3.8) is 0 Å². The molecule has 20 heavy (non-hydrogen) atoms. The maximum absolute atomic E-state index is 12.3. The van der Waals surface area contributed by atoms with Crippen LogP contribution in [0.2, 0.25) is 10.0 Å². The maximum atomic E-state index is 12.3. The molecule has 0 heterocycles. The van der Waals surface area contributed by atoms with Gasteiger partial charge in [0.2, 0.25) is 0 Å². The molecule has 1 N–H and O–H groups in total. The van der Waals surface area contributed by atoms with E-state index in [9.17, 15) is 4.79 Å². The van der Waals surface area contributed by atoms with Crippen LogP contribution < -0.4 is 5.32 Å². The summed E-state index contributed by atoms with van der Waals surface area (Å²) in [4.78, 5) is 12.3. The number of nitrogens with one attached hydrogen (secondary N) is 1. The second kappa shape index (κ2) is 6.49. The quantitative estimate of drug-likeness (QED) is 0.736. The highest BCUT2D eigenvalue weighted by molar-refractivity contribution is 6.44. The first-order valence-electron chi connectivity index (χ1n) is 5.99. The minimum absolute atomic E-state index is 0.207. The average Bonchev–Trinajstić information content (AvgIpc) is 2.42. The first-order valence-corrected chi connectivity index (χ1v) is 7.18. The summed E-state index contributed by atoms with van der Waals surface area (Å²) >= 11 is 18.0. The Kier molecular flexibility index (Phi) is 4.92. The van der Waals surface area contributed by atoms with Crippen LogP contribution in [0.3, 0.4) is 0 Å². The van der Waals surface area contributed by atoms with Gasteiger partial charge in [-0.05, 0) is 30.7 Å². The van der Waals surface area contributed by atoms with Gasteiger partial charge >= 0.3 is 0 Å². The fourth-order valence-electron chi connectivity index (χ4n) is 1.83. The first-order chi connectivity index (χ1) is 9.50. The van der Waals surface area contributed by atoms with E-state index in [0.29, 0.717) is 16.3 Å². The Morgan fingerprint density at radius 2 is 1.80 bits per heavy atom. The van der Waals surface area contributed by atoms with Crippen molar-refractivity contribution in [2.75, 3.05) is 5.32 Å². The zero-order valence-corrected chi connectivity index (χ0v) is 12.9. The van der Waals surface area contributed by atoms with Crippen molar-refractivity contribution < 1.29 is 4.79 Å². The van der Waals surface area contributed by atoms with Gasteiger partial charge in [0.05, 0.1) is 21.0 Å². The summed E-state index contributed by atoms with van der Waals surface area (Å²) in [7, 11) is 0. The molecular weight excluding hydrogens is 317 g/mol. The number of amides is 1. The first kappa shape index (κ1) is 15.2. The minimum Gasteiger partial charge on any atom is -0.322 e. The summed E-state index contributed by atoms with van der Waals surface area (Å²) in [5.74, 6) is -0.317. The van der Waals surface area contributed by atoms with Crippen molar-refractivity contribution in [2.45, 2.75) is 12.3 Å². The van der Waals surface area contributed by atoms with Crippen molar-refractivity contribution in [1.82, 2.24) is 0 Å². The van der Waals surface area contributed by atoms with Crippen molar-refractivity contribution in [3.05, 3.63) is 63.6 Å². The van der Waals surface area contributed by atoms with E-state index in [-0.39, 0.29) is 16.3 Å². The Morgan fingerprint density at radius 3 is 2.50 bits per heavy atom. The van der Waals surface area contributed by atoms with Crippen molar-refractivity contribution in [1.29, 1.82) is 0 Å². The van der Waals surface area contributed by atoms with Crippen molar-refractivity contribution >= 4 is 46.4 Å². The number of rotatable bonds is 3. The van der Waals surface area contributed by atoms with E-state index >= 15 is 0 Å². The van der Waals surface area contributed by atoms with E-state index in [1.54, 1.807) is 24.3 Å². The summed E-state index contributed by atoms with van der Waals surface area (Å²) in [6, 6.07) is 12.3. The normalized spacial score (nSPS) is 12.0. The summed E-state index contributed by atoms with van der Waals surface area (Å²) in [6.07, 6.45) is 0. The molecule has 1 unspecified atom stereocenters. The van der Waals surface area contributed by atoms with Gasteiger partial charge in [-0.2, -0.15) is 0 Å². The van der Waals surface area contributed by atoms with Crippen LogP contribution in [-0.4, -0.2) is 5.91 Å². The lowest BCUT2D eigenvalue weighted by Crippen LogP contribution is -2.14. The molecule has 2 aromatic rings. The van der Waals surface area contributed by atoms with Gasteiger partial charge in [0, 0.05) is 5.69 Å². The van der Waals surface area contributed by atoms with Gasteiger partial charge in [-0.1, -0.05) is 47.5 Å². The van der Waals surface area contributed by atoms with Crippen molar-refractivity contribution in [2.24, 2.45) is 0 Å². The standard InChI is InChI=1S/C15H12Cl3NO/c1-9(16)10-5-2-3-8-13(10)19-15(20)11-6-4-7-12(17)14(11)18/h2-9H,1H3,(H,19,20). The van der Waals surface area contributed by atoms with Gasteiger partial charge < -0.3 is 5.32 Å². The molecule has 5 heteroatoms. The number of hydrogen-bond acceptors (Lipinski definition) is 1. The molecule has 104 valence electrons. The van der Waals surface area contributed by atoms with Gasteiger partial charge in [-0.25, -0.2) is 0 Å². The predicted octanol–water partition coefficient (Wildman–Crippen LogP) is 5.55. The van der Waals surface area contributed by atoms with E-state index in [2.05, 4.69) is 5.32 Å². The predicted molar refractivity (Wildman–Crippen MR) is 85.1 cm³/mol. The lowest BCUT2D eigenvalue weighted by Gasteiger charge is -2.13. The van der Waals surface area contributed by atoms with E-state index in [1.165, 1.54) is 0 Å². The lowest BCUT2D eigenvalue weighted by molar-refractivity contribution is 0.102. The number of anilines is 1. The molecule has 1 amide bonds. The summed E-state index contributed by atoms with van der Waals surface area (Å²) in [5, 5.41) is 3.19. The fraction of sp³-hybridized carbons (Fsp3) is 0.133. The molecule has 0 aliphatic heterocycles.